The summed E-state index contributed by atoms with van der Waals surface area (Å²) in [6, 6.07) is 42.5. The van der Waals surface area contributed by atoms with Crippen molar-refractivity contribution >= 4 is 11.0 Å². The molecule has 46 heavy (non-hydrogen) atoms. The number of phenolic OH excluding ortho intramolecular Hbond substituents is 1. The first-order valence-electron chi connectivity index (χ1n) is 15.3. The van der Waals surface area contributed by atoms with Gasteiger partial charge in [-0.15, -0.1) is 0 Å². The zero-order valence-electron chi connectivity index (χ0n) is 25.9. The number of imidazole rings is 1. The van der Waals surface area contributed by atoms with Gasteiger partial charge >= 0.3 is 0 Å². The van der Waals surface area contributed by atoms with Crippen molar-refractivity contribution in [2.75, 3.05) is 0 Å². The molecule has 5 heteroatoms. The van der Waals surface area contributed by atoms with Crippen molar-refractivity contribution in [2.24, 2.45) is 0 Å². The summed E-state index contributed by atoms with van der Waals surface area (Å²) in [5, 5.41) is 21.4. The summed E-state index contributed by atoms with van der Waals surface area (Å²) in [6.45, 7) is 6.44. The van der Waals surface area contributed by atoms with Crippen LogP contribution in [-0.2, 0) is 5.41 Å². The van der Waals surface area contributed by atoms with E-state index in [0.29, 0.717) is 17.0 Å². The highest BCUT2D eigenvalue weighted by Crippen LogP contribution is 2.42. The van der Waals surface area contributed by atoms with Crippen LogP contribution in [0, 0.1) is 11.3 Å². The van der Waals surface area contributed by atoms with E-state index in [9.17, 15) is 10.4 Å². The van der Waals surface area contributed by atoms with E-state index in [1.807, 2.05) is 91.1 Å². The first-order chi connectivity index (χ1) is 22.3. The molecular formula is C41H32N4O. The molecule has 7 rings (SSSR count). The molecule has 0 saturated carbocycles. The number of hydrogen-bond donors (Lipinski definition) is 2. The number of rotatable bonds is 5. The fourth-order valence-corrected chi connectivity index (χ4v) is 5.98. The Morgan fingerprint density at radius 3 is 2.13 bits per heavy atom. The number of nitriles is 1. The molecule has 0 atom stereocenters. The maximum Gasteiger partial charge on any atom is 0.142 e. The van der Waals surface area contributed by atoms with E-state index in [1.54, 1.807) is 6.07 Å². The van der Waals surface area contributed by atoms with Crippen molar-refractivity contribution in [3.63, 3.8) is 0 Å². The molecule has 0 aliphatic rings. The standard InChI is InChI=1S/C41H32N4O/c1-41(2,3)31-17-18-37(46)34(24-31)40-44-35-16-10-15-32(39(35)45-40)33-22-29(21-30(25-42)38(33)27-13-8-5-9-14-27)36-23-28(19-20-43-36)26-11-6-4-7-12-26/h4-24,46H,1-3H3,(H,44,45). The maximum absolute atomic E-state index is 10.9. The number of aromatic nitrogens is 3. The van der Waals surface area contributed by atoms with Gasteiger partial charge in [0.2, 0.25) is 0 Å². The van der Waals surface area contributed by atoms with Gasteiger partial charge in [0.05, 0.1) is 33.9 Å². The Labute approximate surface area is 268 Å². The fourth-order valence-electron chi connectivity index (χ4n) is 5.98. The minimum atomic E-state index is -0.0931. The van der Waals surface area contributed by atoms with Crippen LogP contribution in [0.15, 0.2) is 128 Å². The summed E-state index contributed by atoms with van der Waals surface area (Å²) in [4.78, 5) is 13.2. The summed E-state index contributed by atoms with van der Waals surface area (Å²) in [7, 11) is 0. The van der Waals surface area contributed by atoms with E-state index in [0.717, 1.165) is 61.2 Å². The largest absolute Gasteiger partial charge is 0.507 e. The average molecular weight is 597 g/mol. The van der Waals surface area contributed by atoms with E-state index >= 15 is 0 Å². The molecule has 2 aromatic heterocycles. The molecule has 2 heterocycles. The van der Waals surface area contributed by atoms with E-state index in [-0.39, 0.29) is 11.2 Å². The Balaban J connectivity index is 1.46. The van der Waals surface area contributed by atoms with Gasteiger partial charge in [0, 0.05) is 22.9 Å². The summed E-state index contributed by atoms with van der Waals surface area (Å²) in [5.74, 6) is 0.748. The molecule has 0 unspecified atom stereocenters. The number of hydrogen-bond acceptors (Lipinski definition) is 4. The highest BCUT2D eigenvalue weighted by molar-refractivity contribution is 6.01. The van der Waals surface area contributed by atoms with E-state index in [4.69, 9.17) is 9.97 Å². The molecule has 0 bridgehead atoms. The van der Waals surface area contributed by atoms with Crippen LogP contribution in [0.25, 0.3) is 67.1 Å². The Morgan fingerprint density at radius 2 is 1.41 bits per heavy atom. The van der Waals surface area contributed by atoms with Crippen LogP contribution in [0.3, 0.4) is 0 Å². The van der Waals surface area contributed by atoms with Gasteiger partial charge in [-0.3, -0.25) is 4.98 Å². The zero-order chi connectivity index (χ0) is 31.8. The van der Waals surface area contributed by atoms with Crippen molar-refractivity contribution in [1.29, 1.82) is 5.26 Å². The van der Waals surface area contributed by atoms with Crippen molar-refractivity contribution in [3.8, 4) is 67.8 Å². The number of H-pyrrole nitrogens is 1. The van der Waals surface area contributed by atoms with Crippen LogP contribution in [0.4, 0.5) is 0 Å². The minimum absolute atomic E-state index is 0.0931. The Morgan fingerprint density at radius 1 is 0.674 bits per heavy atom. The topological polar surface area (TPSA) is 85.6 Å². The highest BCUT2D eigenvalue weighted by Gasteiger charge is 2.21. The van der Waals surface area contributed by atoms with E-state index in [1.165, 1.54) is 0 Å². The molecule has 0 spiro atoms. The molecule has 0 radical (unpaired) electrons. The number of nitrogens with one attached hydrogen (secondary N) is 1. The molecule has 0 fully saturated rings. The van der Waals surface area contributed by atoms with Crippen LogP contribution in [0.1, 0.15) is 31.9 Å². The van der Waals surface area contributed by atoms with Crippen molar-refractivity contribution in [2.45, 2.75) is 26.2 Å². The summed E-state index contributed by atoms with van der Waals surface area (Å²) in [6.07, 6.45) is 1.81. The Kier molecular flexibility index (Phi) is 7.19. The average Bonchev–Trinajstić information content (AvgIpc) is 3.53. The number of nitrogens with zero attached hydrogens (tertiary/aromatic N) is 3. The predicted octanol–water partition coefficient (Wildman–Crippen LogP) is 10.2. The van der Waals surface area contributed by atoms with Crippen LogP contribution >= 0.6 is 0 Å². The molecule has 0 aliphatic carbocycles. The molecule has 7 aromatic rings. The lowest BCUT2D eigenvalue weighted by Crippen LogP contribution is -2.10. The smallest absolute Gasteiger partial charge is 0.142 e. The van der Waals surface area contributed by atoms with Gasteiger partial charge < -0.3 is 10.1 Å². The molecule has 222 valence electrons. The molecule has 5 nitrogen and oxygen atoms in total. The van der Waals surface area contributed by atoms with Crippen molar-refractivity contribution in [1.82, 2.24) is 15.0 Å². The lowest BCUT2D eigenvalue weighted by molar-refractivity contribution is 0.475. The number of aromatic hydroxyl groups is 1. The maximum atomic E-state index is 10.9. The number of phenols is 1. The van der Waals surface area contributed by atoms with Crippen LogP contribution in [-0.4, -0.2) is 20.1 Å². The summed E-state index contributed by atoms with van der Waals surface area (Å²) >= 11 is 0. The second-order valence-electron chi connectivity index (χ2n) is 12.5. The van der Waals surface area contributed by atoms with Gasteiger partial charge in [-0.2, -0.15) is 5.26 Å². The lowest BCUT2D eigenvalue weighted by atomic mass is 9.86. The SMILES string of the molecule is CC(C)(C)c1ccc(O)c(-c2nc3cccc(-c4cc(-c5cc(-c6ccccc6)ccn5)cc(C#N)c4-c4ccccc4)c3[nH]2)c1. The summed E-state index contributed by atoms with van der Waals surface area (Å²) in [5.41, 5.74) is 11.1. The lowest BCUT2D eigenvalue weighted by Gasteiger charge is -2.20. The third kappa shape index (κ3) is 5.31. The number of aromatic amines is 1. The molecule has 0 aliphatic heterocycles. The third-order valence-electron chi connectivity index (χ3n) is 8.41. The number of fused-ring (bicyclic) bond motifs is 1. The molecule has 0 saturated heterocycles. The molecular weight excluding hydrogens is 564 g/mol. The third-order valence-corrected chi connectivity index (χ3v) is 8.41. The first-order valence-corrected chi connectivity index (χ1v) is 15.3. The van der Waals surface area contributed by atoms with Gasteiger partial charge in [-0.05, 0) is 75.7 Å². The van der Waals surface area contributed by atoms with Gasteiger partial charge in [0.15, 0.2) is 0 Å². The van der Waals surface area contributed by atoms with Gasteiger partial charge in [-0.25, -0.2) is 4.98 Å². The molecule has 5 aromatic carbocycles. The van der Waals surface area contributed by atoms with Crippen molar-refractivity contribution in [3.05, 3.63) is 139 Å². The Bertz CT molecular complexity index is 2260. The number of pyridine rings is 1. The van der Waals surface area contributed by atoms with Crippen LogP contribution in [0.2, 0.25) is 0 Å². The second-order valence-corrected chi connectivity index (χ2v) is 12.5. The number of para-hydroxylation sites is 1. The normalized spacial score (nSPS) is 11.4. The zero-order valence-corrected chi connectivity index (χ0v) is 25.9. The molecule has 0 amide bonds. The number of benzene rings is 5. The fraction of sp³-hybridized carbons (Fsp3) is 0.0976. The van der Waals surface area contributed by atoms with Crippen molar-refractivity contribution < 1.29 is 5.11 Å². The summed E-state index contributed by atoms with van der Waals surface area (Å²) < 4.78 is 0. The highest BCUT2D eigenvalue weighted by atomic mass is 16.3. The van der Waals surface area contributed by atoms with Crippen LogP contribution in [0.5, 0.6) is 5.75 Å². The predicted molar refractivity (Wildman–Crippen MR) is 186 cm³/mol. The van der Waals surface area contributed by atoms with E-state index in [2.05, 4.69) is 62.2 Å². The van der Waals surface area contributed by atoms with Gasteiger partial charge in [0.25, 0.3) is 0 Å². The van der Waals surface area contributed by atoms with Crippen LogP contribution < -0.4 is 0 Å². The van der Waals surface area contributed by atoms with E-state index < -0.39 is 0 Å². The monoisotopic (exact) mass is 596 g/mol. The minimum Gasteiger partial charge on any atom is -0.507 e. The van der Waals surface area contributed by atoms with Gasteiger partial charge in [-0.1, -0.05) is 99.6 Å². The van der Waals surface area contributed by atoms with Gasteiger partial charge in [0.1, 0.15) is 11.6 Å². The second kappa shape index (κ2) is 11.5. The Hall–Kier alpha value is -5.99. The quantitative estimate of drug-likeness (QED) is 0.207. The molecule has 2 N–H and O–H groups in total. The first kappa shape index (κ1) is 28.8.